The lowest BCUT2D eigenvalue weighted by Gasteiger charge is -2.22. The quantitative estimate of drug-likeness (QED) is 0.0779. The van der Waals surface area contributed by atoms with E-state index in [1.54, 1.807) is 0 Å². The molecule has 3 aromatic rings. The number of benzene rings is 1. The number of phosphoric acid groups is 3. The molecule has 2 unspecified atom stereocenters. The largest absolute Gasteiger partial charge is 0.490 e. The molecule has 0 radical (unpaired) electrons. The molecule has 1 aromatic carbocycles. The number of fused-ring (bicyclic) bond motifs is 1. The summed E-state index contributed by atoms with van der Waals surface area (Å²) in [6.07, 6.45) is -5.48. The Morgan fingerprint density at radius 3 is 2.17 bits per heavy atom. The first-order valence-electron chi connectivity index (χ1n) is 11.5. The lowest BCUT2D eigenvalue weighted by atomic mass is 10.1. The molecule has 0 aliphatic carbocycles. The maximum absolute atomic E-state index is 12.3. The lowest BCUT2D eigenvalue weighted by molar-refractivity contribution is -0.441. The number of hydrogen-bond acceptors (Lipinski definition) is 19. The van der Waals surface area contributed by atoms with Gasteiger partial charge in [-0.25, -0.2) is 28.6 Å². The van der Waals surface area contributed by atoms with Gasteiger partial charge in [0.15, 0.2) is 23.8 Å². The summed E-state index contributed by atoms with van der Waals surface area (Å²) >= 11 is 0. The standard InChI is InChI=1S/C16H17N8O19P3/c17-14-9-15(19-4-18-14)21(5-20-9)16-12(25)13(8(41-16)3-39-45(35,36)43-46(37,38)42-44(32,33)34)40-7-2-1-6(22(26)27)10(23(28)29)11(7)24(30)31/h1-2,4-5,8,12-13,16,25H,3H2,(H,35,36)(H,37,38)(H2,17,18,19)(H2,32,33,34)/t8-,12-,13-,16-/m1/s1. The number of anilines is 1. The third kappa shape index (κ3) is 7.47. The van der Waals surface area contributed by atoms with E-state index in [-0.39, 0.29) is 17.0 Å². The number of hydrogen-bond donors (Lipinski definition) is 6. The predicted molar refractivity (Wildman–Crippen MR) is 140 cm³/mol. The molecule has 1 fully saturated rings. The van der Waals surface area contributed by atoms with E-state index >= 15 is 0 Å². The number of nitro groups is 3. The summed E-state index contributed by atoms with van der Waals surface area (Å²) in [5.41, 5.74) is 1.24. The van der Waals surface area contributed by atoms with Crippen LogP contribution in [0.4, 0.5) is 22.9 Å². The van der Waals surface area contributed by atoms with Gasteiger partial charge in [0.05, 0.1) is 27.7 Å². The van der Waals surface area contributed by atoms with E-state index in [0.29, 0.717) is 12.1 Å². The fraction of sp³-hybridized carbons (Fsp3) is 0.312. The van der Waals surface area contributed by atoms with Crippen LogP contribution in [0.3, 0.4) is 0 Å². The number of phosphoric ester groups is 1. The zero-order valence-electron chi connectivity index (χ0n) is 21.8. The van der Waals surface area contributed by atoms with E-state index in [2.05, 4.69) is 28.1 Å². The Morgan fingerprint density at radius 2 is 1.59 bits per heavy atom. The van der Waals surface area contributed by atoms with Crippen molar-refractivity contribution in [3.8, 4) is 5.75 Å². The zero-order valence-corrected chi connectivity index (χ0v) is 24.5. The van der Waals surface area contributed by atoms with Crippen LogP contribution in [-0.4, -0.2) is 83.9 Å². The van der Waals surface area contributed by atoms with E-state index in [9.17, 15) is 58.9 Å². The highest BCUT2D eigenvalue weighted by molar-refractivity contribution is 7.66. The summed E-state index contributed by atoms with van der Waals surface area (Å²) in [6, 6.07) is 1.08. The average molecular weight is 718 g/mol. The van der Waals surface area contributed by atoms with Crippen molar-refractivity contribution in [2.24, 2.45) is 0 Å². The maximum atomic E-state index is 12.3. The number of nitro benzene ring substituents is 3. The molecule has 46 heavy (non-hydrogen) atoms. The first-order chi connectivity index (χ1) is 21.2. The topological polar surface area (TPSA) is 398 Å². The molecular formula is C16H17N8O19P3. The second-order valence-corrected chi connectivity index (χ2v) is 13.1. The smallest absolute Gasteiger partial charge is 0.477 e. The Balaban J connectivity index is 1.73. The van der Waals surface area contributed by atoms with E-state index in [1.807, 2.05) is 0 Å². The molecule has 0 spiro atoms. The number of aliphatic hydroxyl groups excluding tert-OH is 1. The van der Waals surface area contributed by atoms with E-state index in [0.717, 1.165) is 17.2 Å². The number of nitrogens with zero attached hydrogens (tertiary/aromatic N) is 7. The van der Waals surface area contributed by atoms with Gasteiger partial charge in [0, 0.05) is 6.07 Å². The van der Waals surface area contributed by atoms with Gasteiger partial charge in [-0.1, -0.05) is 0 Å². The van der Waals surface area contributed by atoms with Crippen molar-refractivity contribution in [2.75, 3.05) is 12.3 Å². The van der Waals surface area contributed by atoms with Gasteiger partial charge in [-0.15, -0.1) is 0 Å². The third-order valence-corrected chi connectivity index (χ3v) is 9.51. The molecule has 0 bridgehead atoms. The Hall–Kier alpha value is -4.10. The summed E-state index contributed by atoms with van der Waals surface area (Å²) in [4.78, 5) is 78.9. The average Bonchev–Trinajstić information content (AvgIpc) is 3.46. The highest BCUT2D eigenvalue weighted by atomic mass is 31.3. The molecule has 0 amide bonds. The first-order valence-corrected chi connectivity index (χ1v) is 16.0. The van der Waals surface area contributed by atoms with Crippen LogP contribution in [0.15, 0.2) is 24.8 Å². The van der Waals surface area contributed by atoms with E-state index < -0.39 is 92.2 Å². The second-order valence-electron chi connectivity index (χ2n) is 8.66. The summed E-state index contributed by atoms with van der Waals surface area (Å²) in [6.45, 7) is -1.28. The minimum Gasteiger partial charge on any atom is -0.477 e. The van der Waals surface area contributed by atoms with Crippen molar-refractivity contribution in [3.05, 3.63) is 55.1 Å². The molecular weight excluding hydrogens is 701 g/mol. The van der Waals surface area contributed by atoms with Gasteiger partial charge >= 0.3 is 40.5 Å². The predicted octanol–water partition coefficient (Wildman–Crippen LogP) is 0.182. The van der Waals surface area contributed by atoms with Crippen molar-refractivity contribution >= 4 is 57.5 Å². The molecule has 7 N–H and O–H groups in total. The van der Waals surface area contributed by atoms with Crippen LogP contribution >= 0.6 is 23.5 Å². The summed E-state index contributed by atoms with van der Waals surface area (Å²) in [5, 5.41) is 45.9. The van der Waals surface area contributed by atoms with Crippen LogP contribution in [0.1, 0.15) is 6.23 Å². The fourth-order valence-electron chi connectivity index (χ4n) is 4.05. The van der Waals surface area contributed by atoms with Gasteiger partial charge in [0.25, 0.3) is 0 Å². The van der Waals surface area contributed by atoms with Crippen LogP contribution in [0.5, 0.6) is 5.75 Å². The maximum Gasteiger partial charge on any atom is 0.490 e. The Labute approximate surface area is 251 Å². The van der Waals surface area contributed by atoms with Crippen LogP contribution in [0.25, 0.3) is 11.2 Å². The van der Waals surface area contributed by atoms with Crippen molar-refractivity contribution < 1.29 is 75.8 Å². The van der Waals surface area contributed by atoms with E-state index in [4.69, 9.17) is 25.0 Å². The SMILES string of the molecule is Nc1ncnc2c1ncn2[C@@H]1O[C@H](COP(=O)(O)OP(=O)(O)OP(=O)(O)O)[C@@H](Oc2ccc([N+](=O)[O-])c([N+](=O)[O-])c2[N+](=O)[O-])[C@H]1O. The van der Waals surface area contributed by atoms with Crippen LogP contribution in [-0.2, 0) is 31.6 Å². The van der Waals surface area contributed by atoms with Crippen molar-refractivity contribution in [2.45, 2.75) is 24.5 Å². The zero-order chi connectivity index (χ0) is 34.4. The number of rotatable bonds is 13. The molecule has 250 valence electrons. The first kappa shape index (κ1) is 34.8. The van der Waals surface area contributed by atoms with Gasteiger partial charge in [0.1, 0.15) is 24.1 Å². The fourth-order valence-corrected chi connectivity index (χ4v) is 7.08. The molecule has 1 aliphatic rings. The van der Waals surface area contributed by atoms with Gasteiger partial charge in [0.2, 0.25) is 5.75 Å². The highest BCUT2D eigenvalue weighted by Crippen LogP contribution is 2.66. The summed E-state index contributed by atoms with van der Waals surface area (Å²) in [5.74, 6) is -1.15. The van der Waals surface area contributed by atoms with Crippen molar-refractivity contribution in [3.63, 3.8) is 0 Å². The highest BCUT2D eigenvalue weighted by Gasteiger charge is 2.51. The number of imidazole rings is 1. The summed E-state index contributed by atoms with van der Waals surface area (Å²) in [7, 11) is -17.5. The molecule has 4 rings (SSSR count). The van der Waals surface area contributed by atoms with Gasteiger partial charge in [-0.3, -0.25) is 39.4 Å². The lowest BCUT2D eigenvalue weighted by Crippen LogP contribution is -2.39. The Kier molecular flexibility index (Phi) is 9.52. The molecule has 1 saturated heterocycles. The number of nitrogens with two attached hydrogens (primary N) is 1. The van der Waals surface area contributed by atoms with Gasteiger partial charge in [-0.05, 0) is 6.07 Å². The summed E-state index contributed by atoms with van der Waals surface area (Å²) < 4.78 is 58.8. The van der Waals surface area contributed by atoms with Gasteiger partial charge < -0.3 is 39.9 Å². The molecule has 2 aromatic heterocycles. The number of aliphatic hydroxyl groups is 1. The number of nitrogen functional groups attached to an aromatic ring is 1. The molecule has 1 aliphatic heterocycles. The van der Waals surface area contributed by atoms with Crippen LogP contribution in [0, 0.1) is 30.3 Å². The van der Waals surface area contributed by atoms with Gasteiger partial charge in [-0.2, -0.15) is 8.62 Å². The Bertz CT molecular complexity index is 1870. The molecule has 27 nitrogen and oxygen atoms in total. The van der Waals surface area contributed by atoms with Crippen LogP contribution in [0.2, 0.25) is 0 Å². The van der Waals surface area contributed by atoms with Crippen molar-refractivity contribution in [1.82, 2.24) is 19.5 Å². The normalized spacial score (nSPS) is 22.6. The number of aromatic nitrogens is 4. The Morgan fingerprint density at radius 1 is 0.935 bits per heavy atom. The molecule has 0 saturated carbocycles. The van der Waals surface area contributed by atoms with Crippen molar-refractivity contribution in [1.29, 1.82) is 0 Å². The second kappa shape index (κ2) is 12.6. The third-order valence-electron chi connectivity index (χ3n) is 5.71. The molecule has 30 heteroatoms. The van der Waals surface area contributed by atoms with Crippen LogP contribution < -0.4 is 10.5 Å². The minimum atomic E-state index is -5.96. The van der Waals surface area contributed by atoms with E-state index in [1.165, 1.54) is 0 Å². The molecule has 6 atom stereocenters. The minimum absolute atomic E-state index is 0.00545. The number of ether oxygens (including phenoxy) is 2. The molecule has 3 heterocycles. The monoisotopic (exact) mass is 718 g/mol.